The highest BCUT2D eigenvalue weighted by molar-refractivity contribution is 7.71. The lowest BCUT2D eigenvalue weighted by Gasteiger charge is -2.35. The van der Waals surface area contributed by atoms with Crippen molar-refractivity contribution in [2.75, 3.05) is 6.61 Å². The predicted octanol–water partition coefficient (Wildman–Crippen LogP) is 2.04. The van der Waals surface area contributed by atoms with Crippen molar-refractivity contribution in [3.63, 3.8) is 0 Å². The van der Waals surface area contributed by atoms with Crippen LogP contribution in [0, 0.1) is 4.77 Å². The standard InChI is InChI=1S/C15H21N2O7PS/c1-15(19)12-10(22-13(15)17-7-6-11(18)16-14(17)26)8-21-25(20,24-12)23-9-4-2-3-5-9/h6-7,9-10,12-13,19H,2-5,8H2,1H3,(H,16,18,26)/t10-,12?,13-,15?,25?/m1/s1. The minimum absolute atomic E-state index is 0.0298. The van der Waals surface area contributed by atoms with Crippen LogP contribution in [0.4, 0.5) is 0 Å². The first kappa shape index (κ1) is 18.5. The second-order valence-electron chi connectivity index (χ2n) is 7.05. The molecule has 0 aromatic carbocycles. The van der Waals surface area contributed by atoms with Gasteiger partial charge in [-0.2, -0.15) is 0 Å². The second-order valence-corrected chi connectivity index (χ2v) is 9.01. The Morgan fingerprint density at radius 1 is 1.46 bits per heavy atom. The maximum Gasteiger partial charge on any atom is 0.475 e. The van der Waals surface area contributed by atoms with Crippen molar-refractivity contribution in [2.24, 2.45) is 0 Å². The van der Waals surface area contributed by atoms with E-state index in [1.807, 2.05) is 0 Å². The van der Waals surface area contributed by atoms with Crippen LogP contribution in [-0.4, -0.2) is 45.2 Å². The summed E-state index contributed by atoms with van der Waals surface area (Å²) in [6, 6.07) is 1.28. The molecule has 4 rings (SSSR count). The minimum Gasteiger partial charge on any atom is -0.383 e. The maximum atomic E-state index is 12.9. The van der Waals surface area contributed by atoms with Gasteiger partial charge in [0.2, 0.25) is 0 Å². The van der Waals surface area contributed by atoms with Crippen LogP contribution in [0.1, 0.15) is 38.8 Å². The van der Waals surface area contributed by atoms with Crippen molar-refractivity contribution < 1.29 is 28.0 Å². The summed E-state index contributed by atoms with van der Waals surface area (Å²) in [5.41, 5.74) is -1.91. The van der Waals surface area contributed by atoms with E-state index in [0.29, 0.717) is 0 Å². The topological polar surface area (TPSA) is 112 Å². The monoisotopic (exact) mass is 404 g/mol. The molecule has 1 aromatic rings. The third-order valence-corrected chi connectivity index (χ3v) is 6.86. The quantitative estimate of drug-likeness (QED) is 0.581. The van der Waals surface area contributed by atoms with E-state index >= 15 is 0 Å². The van der Waals surface area contributed by atoms with E-state index in [-0.39, 0.29) is 23.0 Å². The summed E-state index contributed by atoms with van der Waals surface area (Å²) in [5, 5.41) is 11.0. The van der Waals surface area contributed by atoms with Gasteiger partial charge in [-0.15, -0.1) is 0 Å². The molecular weight excluding hydrogens is 383 g/mol. The average Bonchev–Trinajstić information content (AvgIpc) is 3.14. The zero-order chi connectivity index (χ0) is 18.5. The summed E-state index contributed by atoms with van der Waals surface area (Å²) in [4.78, 5) is 13.9. The SMILES string of the molecule is CC1(O)C2OP(=O)(OC3CCCC3)OC[C@H]2O[C@H]1n1ccc(=O)[nH]c1=S. The Balaban J connectivity index is 1.58. The lowest BCUT2D eigenvalue weighted by atomic mass is 9.96. The Morgan fingerprint density at radius 2 is 2.19 bits per heavy atom. The first-order valence-electron chi connectivity index (χ1n) is 8.59. The van der Waals surface area contributed by atoms with Crippen LogP contribution in [-0.2, 0) is 22.9 Å². The van der Waals surface area contributed by atoms with E-state index in [0.717, 1.165) is 25.7 Å². The Labute approximate surface area is 154 Å². The normalized spacial score (nSPS) is 40.6. The van der Waals surface area contributed by atoms with Gasteiger partial charge >= 0.3 is 7.82 Å². The highest BCUT2D eigenvalue weighted by Gasteiger charge is 2.60. The van der Waals surface area contributed by atoms with Crippen LogP contribution in [0.25, 0.3) is 0 Å². The molecule has 2 N–H and O–H groups in total. The summed E-state index contributed by atoms with van der Waals surface area (Å²) < 4.78 is 36.8. The van der Waals surface area contributed by atoms with Crippen LogP contribution in [0.2, 0.25) is 0 Å². The Hall–Kier alpha value is -0.870. The molecule has 0 bridgehead atoms. The van der Waals surface area contributed by atoms with E-state index in [1.54, 1.807) is 0 Å². The predicted molar refractivity (Wildman–Crippen MR) is 92.2 cm³/mol. The number of aromatic nitrogens is 2. The van der Waals surface area contributed by atoms with Gasteiger partial charge in [0.15, 0.2) is 11.0 Å². The number of hydrogen-bond acceptors (Lipinski definition) is 8. The summed E-state index contributed by atoms with van der Waals surface area (Å²) in [5.74, 6) is 0. The van der Waals surface area contributed by atoms with Crippen molar-refractivity contribution in [3.8, 4) is 0 Å². The van der Waals surface area contributed by atoms with Gasteiger partial charge in [0, 0.05) is 12.3 Å². The van der Waals surface area contributed by atoms with Gasteiger partial charge in [-0.1, -0.05) is 12.8 Å². The third kappa shape index (κ3) is 3.24. The Morgan fingerprint density at radius 3 is 2.88 bits per heavy atom. The molecule has 3 aliphatic rings. The number of fused-ring (bicyclic) bond motifs is 1. The number of nitrogens with one attached hydrogen (secondary N) is 1. The van der Waals surface area contributed by atoms with Crippen LogP contribution in [0.5, 0.6) is 0 Å². The van der Waals surface area contributed by atoms with Crippen molar-refractivity contribution in [2.45, 2.75) is 62.7 Å². The largest absolute Gasteiger partial charge is 0.475 e. The van der Waals surface area contributed by atoms with Crippen LogP contribution < -0.4 is 5.56 Å². The molecule has 3 heterocycles. The molecular formula is C15H21N2O7PS. The van der Waals surface area contributed by atoms with E-state index in [4.69, 9.17) is 30.5 Å². The third-order valence-electron chi connectivity index (χ3n) is 5.04. The van der Waals surface area contributed by atoms with Gasteiger partial charge in [-0.25, -0.2) is 4.57 Å². The molecule has 0 spiro atoms. The van der Waals surface area contributed by atoms with Gasteiger partial charge in [-0.05, 0) is 32.0 Å². The van der Waals surface area contributed by atoms with Gasteiger partial charge in [-0.3, -0.25) is 27.9 Å². The number of phosphoric acid groups is 1. The van der Waals surface area contributed by atoms with Crippen LogP contribution in [0.15, 0.2) is 17.1 Å². The summed E-state index contributed by atoms with van der Waals surface area (Å²) in [7, 11) is -3.78. The number of nitrogens with zero attached hydrogens (tertiary/aromatic N) is 1. The number of ether oxygens (including phenoxy) is 1. The molecule has 3 unspecified atom stereocenters. The van der Waals surface area contributed by atoms with Crippen LogP contribution in [0.3, 0.4) is 0 Å². The number of aromatic amines is 1. The highest BCUT2D eigenvalue weighted by Crippen LogP contribution is 2.60. The lowest BCUT2D eigenvalue weighted by Crippen LogP contribution is -2.48. The molecule has 2 aliphatic heterocycles. The highest BCUT2D eigenvalue weighted by atomic mass is 32.1. The van der Waals surface area contributed by atoms with Gasteiger partial charge in [0.1, 0.15) is 17.8 Å². The molecule has 1 saturated carbocycles. The second kappa shape index (κ2) is 6.63. The molecule has 0 radical (unpaired) electrons. The zero-order valence-electron chi connectivity index (χ0n) is 14.2. The average molecular weight is 404 g/mol. The molecule has 0 amide bonds. The lowest BCUT2D eigenvalue weighted by molar-refractivity contribution is -0.0942. The first-order valence-corrected chi connectivity index (χ1v) is 10.5. The number of H-pyrrole nitrogens is 1. The van der Waals surface area contributed by atoms with E-state index < -0.39 is 31.9 Å². The molecule has 26 heavy (non-hydrogen) atoms. The number of rotatable bonds is 3. The molecule has 5 atom stereocenters. The van der Waals surface area contributed by atoms with Crippen molar-refractivity contribution in [3.05, 3.63) is 27.4 Å². The minimum atomic E-state index is -3.78. The number of hydrogen-bond donors (Lipinski definition) is 2. The summed E-state index contributed by atoms with van der Waals surface area (Å²) in [6.07, 6.45) is 2.46. The smallest absolute Gasteiger partial charge is 0.383 e. The summed E-state index contributed by atoms with van der Waals surface area (Å²) >= 11 is 5.15. The molecule has 3 fully saturated rings. The van der Waals surface area contributed by atoms with E-state index in [1.165, 1.54) is 23.8 Å². The fourth-order valence-electron chi connectivity index (χ4n) is 3.72. The fraction of sp³-hybridized carbons (Fsp3) is 0.733. The van der Waals surface area contributed by atoms with Crippen molar-refractivity contribution in [1.29, 1.82) is 0 Å². The Bertz CT molecular complexity index is 847. The van der Waals surface area contributed by atoms with Crippen molar-refractivity contribution >= 4 is 20.0 Å². The number of phosphoric ester groups is 1. The van der Waals surface area contributed by atoms with Gasteiger partial charge < -0.3 is 9.84 Å². The van der Waals surface area contributed by atoms with Gasteiger partial charge in [0.05, 0.1) is 12.7 Å². The molecule has 2 saturated heterocycles. The molecule has 1 aromatic heterocycles. The van der Waals surface area contributed by atoms with E-state index in [2.05, 4.69) is 4.98 Å². The fourth-order valence-corrected chi connectivity index (χ4v) is 5.68. The van der Waals surface area contributed by atoms with Crippen LogP contribution >= 0.6 is 20.0 Å². The zero-order valence-corrected chi connectivity index (χ0v) is 15.9. The van der Waals surface area contributed by atoms with Crippen molar-refractivity contribution in [1.82, 2.24) is 9.55 Å². The molecule has 11 heteroatoms. The first-order chi connectivity index (χ1) is 12.3. The molecule has 1 aliphatic carbocycles. The van der Waals surface area contributed by atoms with E-state index in [9.17, 15) is 14.5 Å². The Kier molecular flexibility index (Phi) is 4.71. The summed E-state index contributed by atoms with van der Waals surface area (Å²) in [6.45, 7) is 1.48. The number of aliphatic hydroxyl groups is 1. The molecule has 144 valence electrons. The molecule has 9 nitrogen and oxygen atoms in total. The van der Waals surface area contributed by atoms with Gasteiger partial charge in [0.25, 0.3) is 5.56 Å². The maximum absolute atomic E-state index is 12.9.